The lowest BCUT2D eigenvalue weighted by atomic mass is 10.1. The van der Waals surface area contributed by atoms with E-state index in [-0.39, 0.29) is 23.8 Å². The van der Waals surface area contributed by atoms with Gasteiger partial charge in [0.15, 0.2) is 9.84 Å². The topological polar surface area (TPSA) is 71.4 Å². The highest BCUT2D eigenvalue weighted by Crippen LogP contribution is 2.20. The summed E-state index contributed by atoms with van der Waals surface area (Å²) in [5.41, 5.74) is 0. The Morgan fingerprint density at radius 1 is 1.55 bits per heavy atom. The van der Waals surface area contributed by atoms with Crippen LogP contribution < -0.4 is 0 Å². The quantitative estimate of drug-likeness (QED) is 0.640. The van der Waals surface area contributed by atoms with E-state index in [4.69, 9.17) is 5.11 Å². The minimum absolute atomic E-state index is 0.0147. The molecular weight excluding hydrogens is 168 g/mol. The molecule has 1 N–H and O–H groups in total. The monoisotopic (exact) mass is 178 g/mol. The molecule has 1 rings (SSSR count). The van der Waals surface area contributed by atoms with Gasteiger partial charge >= 0.3 is 5.97 Å². The van der Waals surface area contributed by atoms with Gasteiger partial charge in [-0.3, -0.25) is 4.79 Å². The summed E-state index contributed by atoms with van der Waals surface area (Å²) in [6.07, 6.45) is 0.494. The van der Waals surface area contributed by atoms with E-state index in [0.29, 0.717) is 6.42 Å². The minimum atomic E-state index is -2.90. The summed E-state index contributed by atoms with van der Waals surface area (Å²) in [4.78, 5) is 10.2. The number of carboxylic acid groups (broad SMARTS) is 1. The predicted molar refractivity (Wildman–Crippen MR) is 39.0 cm³/mol. The summed E-state index contributed by atoms with van der Waals surface area (Å²) in [7, 11) is -2.90. The number of hydrogen-bond acceptors (Lipinski definition) is 3. The second-order valence-corrected chi connectivity index (χ2v) is 5.10. The summed E-state index contributed by atoms with van der Waals surface area (Å²) in [5, 5.41) is 8.35. The van der Waals surface area contributed by atoms with E-state index in [9.17, 15) is 13.2 Å². The van der Waals surface area contributed by atoms with Crippen LogP contribution in [-0.2, 0) is 14.6 Å². The van der Waals surface area contributed by atoms with Crippen LogP contribution in [0.5, 0.6) is 0 Å². The van der Waals surface area contributed by atoms with Crippen molar-refractivity contribution < 1.29 is 18.3 Å². The first kappa shape index (κ1) is 8.52. The summed E-state index contributed by atoms with van der Waals surface area (Å²) < 4.78 is 21.7. The molecule has 0 bridgehead atoms. The van der Waals surface area contributed by atoms with Crippen molar-refractivity contribution in [3.05, 3.63) is 0 Å². The van der Waals surface area contributed by atoms with Crippen LogP contribution in [-0.4, -0.2) is 31.0 Å². The maximum atomic E-state index is 10.8. The summed E-state index contributed by atoms with van der Waals surface area (Å²) >= 11 is 0. The third-order valence-electron chi connectivity index (χ3n) is 1.79. The van der Waals surface area contributed by atoms with Gasteiger partial charge in [-0.1, -0.05) is 0 Å². The van der Waals surface area contributed by atoms with Crippen LogP contribution in [0.2, 0.25) is 0 Å². The highest BCUT2D eigenvalue weighted by atomic mass is 32.2. The molecule has 0 radical (unpaired) electrons. The van der Waals surface area contributed by atoms with Crippen molar-refractivity contribution >= 4 is 15.8 Å². The first-order valence-electron chi connectivity index (χ1n) is 3.42. The molecule has 1 atom stereocenters. The molecule has 0 spiro atoms. The molecule has 1 saturated heterocycles. The second-order valence-electron chi connectivity index (χ2n) is 2.87. The molecule has 1 unspecified atom stereocenters. The third kappa shape index (κ3) is 2.49. The van der Waals surface area contributed by atoms with Crippen molar-refractivity contribution in [2.45, 2.75) is 12.8 Å². The Morgan fingerprint density at radius 2 is 2.18 bits per heavy atom. The lowest BCUT2D eigenvalue weighted by Crippen LogP contribution is -2.09. The molecule has 1 fully saturated rings. The molecule has 1 heterocycles. The van der Waals surface area contributed by atoms with Crippen molar-refractivity contribution in [3.63, 3.8) is 0 Å². The maximum Gasteiger partial charge on any atom is 0.303 e. The molecule has 1 aliphatic rings. The zero-order chi connectivity index (χ0) is 8.48. The number of aliphatic carboxylic acids is 1. The standard InChI is InChI=1S/C6H10O4S/c7-6(8)3-5-1-2-11(9,10)4-5/h5H,1-4H2,(H,7,8). The first-order chi connectivity index (χ1) is 4.99. The van der Waals surface area contributed by atoms with Crippen LogP contribution in [0.15, 0.2) is 0 Å². The first-order valence-corrected chi connectivity index (χ1v) is 5.24. The smallest absolute Gasteiger partial charge is 0.303 e. The zero-order valence-electron chi connectivity index (χ0n) is 5.99. The van der Waals surface area contributed by atoms with Crippen molar-refractivity contribution in [1.29, 1.82) is 0 Å². The number of sulfone groups is 1. The largest absolute Gasteiger partial charge is 0.481 e. The van der Waals surface area contributed by atoms with E-state index in [0.717, 1.165) is 0 Å². The Labute approximate surface area is 65.1 Å². The highest BCUT2D eigenvalue weighted by molar-refractivity contribution is 7.91. The molecule has 0 aromatic heterocycles. The SMILES string of the molecule is O=C(O)CC1CCS(=O)(=O)C1. The van der Waals surface area contributed by atoms with Gasteiger partial charge in [-0.15, -0.1) is 0 Å². The van der Waals surface area contributed by atoms with Crippen LogP contribution in [0.1, 0.15) is 12.8 Å². The third-order valence-corrected chi connectivity index (χ3v) is 3.63. The van der Waals surface area contributed by atoms with Gasteiger partial charge in [0.25, 0.3) is 0 Å². The van der Waals surface area contributed by atoms with Crippen molar-refractivity contribution in [2.24, 2.45) is 5.92 Å². The molecule has 64 valence electrons. The van der Waals surface area contributed by atoms with Gasteiger partial charge < -0.3 is 5.11 Å². The van der Waals surface area contributed by atoms with E-state index in [2.05, 4.69) is 0 Å². The molecular formula is C6H10O4S. The van der Waals surface area contributed by atoms with Crippen LogP contribution >= 0.6 is 0 Å². The van der Waals surface area contributed by atoms with E-state index < -0.39 is 15.8 Å². The number of hydrogen-bond donors (Lipinski definition) is 1. The Balaban J connectivity index is 2.49. The minimum Gasteiger partial charge on any atom is -0.481 e. The van der Waals surface area contributed by atoms with Crippen LogP contribution in [0, 0.1) is 5.92 Å². The number of carboxylic acids is 1. The van der Waals surface area contributed by atoms with Crippen LogP contribution in [0.3, 0.4) is 0 Å². The maximum absolute atomic E-state index is 10.8. The lowest BCUT2D eigenvalue weighted by Gasteiger charge is -2.00. The summed E-state index contributed by atoms with van der Waals surface area (Å²) in [6.45, 7) is 0. The number of carbonyl (C=O) groups is 1. The van der Waals surface area contributed by atoms with Gasteiger partial charge in [-0.25, -0.2) is 8.42 Å². The van der Waals surface area contributed by atoms with E-state index in [1.807, 2.05) is 0 Å². The fraction of sp³-hybridized carbons (Fsp3) is 0.833. The predicted octanol–water partition coefficient (Wildman–Crippen LogP) is -0.104. The normalized spacial score (nSPS) is 28.5. The van der Waals surface area contributed by atoms with E-state index in [1.54, 1.807) is 0 Å². The van der Waals surface area contributed by atoms with Gasteiger partial charge in [-0.05, 0) is 12.3 Å². The van der Waals surface area contributed by atoms with Crippen molar-refractivity contribution in [3.8, 4) is 0 Å². The highest BCUT2D eigenvalue weighted by Gasteiger charge is 2.29. The molecule has 5 heteroatoms. The van der Waals surface area contributed by atoms with Gasteiger partial charge in [0, 0.05) is 6.42 Å². The van der Waals surface area contributed by atoms with E-state index in [1.165, 1.54) is 0 Å². The Kier molecular flexibility index (Phi) is 2.17. The lowest BCUT2D eigenvalue weighted by molar-refractivity contribution is -0.137. The fourth-order valence-corrected chi connectivity index (χ4v) is 3.14. The van der Waals surface area contributed by atoms with Crippen LogP contribution in [0.25, 0.3) is 0 Å². The van der Waals surface area contributed by atoms with Crippen molar-refractivity contribution in [1.82, 2.24) is 0 Å². The molecule has 0 saturated carbocycles. The molecule has 0 amide bonds. The fourth-order valence-electron chi connectivity index (χ4n) is 1.28. The molecule has 0 aromatic carbocycles. The molecule has 0 aliphatic carbocycles. The zero-order valence-corrected chi connectivity index (χ0v) is 6.80. The van der Waals surface area contributed by atoms with Gasteiger partial charge in [0.1, 0.15) is 0 Å². The molecule has 11 heavy (non-hydrogen) atoms. The van der Waals surface area contributed by atoms with Crippen LogP contribution in [0.4, 0.5) is 0 Å². The second kappa shape index (κ2) is 2.81. The summed E-state index contributed by atoms with van der Waals surface area (Å²) in [6, 6.07) is 0. The van der Waals surface area contributed by atoms with Gasteiger partial charge in [0.05, 0.1) is 11.5 Å². The average Bonchev–Trinajstić information content (AvgIpc) is 2.08. The van der Waals surface area contributed by atoms with E-state index >= 15 is 0 Å². The van der Waals surface area contributed by atoms with Gasteiger partial charge in [-0.2, -0.15) is 0 Å². The summed E-state index contributed by atoms with van der Waals surface area (Å²) in [5.74, 6) is -0.853. The molecule has 1 aliphatic heterocycles. The Hall–Kier alpha value is -0.580. The Bertz CT molecular complexity index is 254. The Morgan fingerprint density at radius 3 is 2.55 bits per heavy atom. The van der Waals surface area contributed by atoms with Gasteiger partial charge in [0.2, 0.25) is 0 Å². The average molecular weight is 178 g/mol. The molecule has 4 nitrogen and oxygen atoms in total. The van der Waals surface area contributed by atoms with Crippen molar-refractivity contribution in [2.75, 3.05) is 11.5 Å². The number of rotatable bonds is 2. The molecule has 0 aromatic rings.